The number of hydrogen-bond donors (Lipinski definition) is 1. The van der Waals surface area contributed by atoms with Crippen molar-refractivity contribution < 1.29 is 22.9 Å². The molecule has 11 nitrogen and oxygen atoms in total. The monoisotopic (exact) mass is 581 g/mol. The first-order chi connectivity index (χ1) is 19.7. The molecule has 2 aromatic carbocycles. The predicted molar refractivity (Wildman–Crippen MR) is 160 cm³/mol. The van der Waals surface area contributed by atoms with Gasteiger partial charge in [-0.2, -0.15) is 5.10 Å². The fourth-order valence-electron chi connectivity index (χ4n) is 4.71. The molecule has 1 aliphatic rings. The van der Waals surface area contributed by atoms with Gasteiger partial charge in [0.05, 0.1) is 30.4 Å². The van der Waals surface area contributed by atoms with Gasteiger partial charge in [0.25, 0.3) is 5.56 Å². The molecule has 4 rings (SSSR count). The third-order valence-electron chi connectivity index (χ3n) is 6.73. The van der Waals surface area contributed by atoms with Crippen LogP contribution in [0, 0.1) is 0 Å². The molecule has 2 N–H and O–H groups in total. The Balaban J connectivity index is 1.60. The molecule has 12 heteroatoms. The van der Waals surface area contributed by atoms with Crippen molar-refractivity contribution in [2.24, 2.45) is 10.7 Å². The van der Waals surface area contributed by atoms with E-state index in [4.69, 9.17) is 19.3 Å². The lowest BCUT2D eigenvalue weighted by Gasteiger charge is -2.22. The number of rotatable bonds is 12. The van der Waals surface area contributed by atoms with Crippen molar-refractivity contribution in [2.45, 2.75) is 39.7 Å². The molecule has 1 aromatic heterocycles. The Kier molecular flexibility index (Phi) is 9.88. The Morgan fingerprint density at radius 3 is 2.44 bits per heavy atom. The second-order valence-electron chi connectivity index (χ2n) is 9.64. The van der Waals surface area contributed by atoms with Crippen LogP contribution in [0.5, 0.6) is 0 Å². The highest BCUT2D eigenvalue weighted by molar-refractivity contribution is 7.48. The molecule has 1 aliphatic heterocycles. The molecule has 0 fully saturated rings. The highest BCUT2D eigenvalue weighted by atomic mass is 31.2. The second-order valence-corrected chi connectivity index (χ2v) is 11.5. The van der Waals surface area contributed by atoms with Crippen LogP contribution in [0.25, 0.3) is 28.0 Å². The summed E-state index contributed by atoms with van der Waals surface area (Å²) in [5, 5.41) is 5.39. The summed E-state index contributed by atoms with van der Waals surface area (Å²) in [6.45, 7) is 5.52. The number of amidine groups is 1. The highest BCUT2D eigenvalue weighted by Gasteiger charge is 2.23. The maximum absolute atomic E-state index is 13.3. The molecule has 0 saturated heterocycles. The molecule has 0 unspecified atom stereocenters. The zero-order chi connectivity index (χ0) is 29.6. The summed E-state index contributed by atoms with van der Waals surface area (Å²) < 4.78 is 27.9. The number of nitrogens with zero attached hydrogens (tertiary/aromatic N) is 4. The van der Waals surface area contributed by atoms with Crippen molar-refractivity contribution >= 4 is 42.1 Å². The molecule has 0 aliphatic carbocycles. The third kappa shape index (κ3) is 7.00. The summed E-state index contributed by atoms with van der Waals surface area (Å²) in [7, 11) is -1.20. The lowest BCUT2D eigenvalue weighted by molar-refractivity contribution is -0.127. The summed E-state index contributed by atoms with van der Waals surface area (Å²) in [6, 6.07) is 11.3. The molecular formula is C29H36N5O6P. The summed E-state index contributed by atoms with van der Waals surface area (Å²) in [6.07, 6.45) is 5.55. The van der Waals surface area contributed by atoms with E-state index < -0.39 is 7.82 Å². The SMILES string of the molecule is CCCN(CCC)C(=O)C1=Cc2ccc(-c3ccc4c(=O)n(CCOP(=O)(OC)OC)ncc4c3)cc2N=C(N)C1. The molecule has 0 radical (unpaired) electrons. The van der Waals surface area contributed by atoms with Crippen LogP contribution >= 0.6 is 7.82 Å². The van der Waals surface area contributed by atoms with Crippen LogP contribution in [-0.2, 0) is 29.5 Å². The minimum absolute atomic E-state index is 0.00516. The normalized spacial score (nSPS) is 13.4. The number of hydrogen-bond acceptors (Lipinski definition) is 9. The van der Waals surface area contributed by atoms with Crippen molar-refractivity contribution in [2.75, 3.05) is 33.9 Å². The summed E-state index contributed by atoms with van der Waals surface area (Å²) in [5.74, 6) is 0.377. The van der Waals surface area contributed by atoms with Gasteiger partial charge in [-0.3, -0.25) is 23.2 Å². The number of nitrogens with two attached hydrogens (primary N) is 1. The van der Waals surface area contributed by atoms with Gasteiger partial charge in [0, 0.05) is 50.3 Å². The summed E-state index contributed by atoms with van der Waals surface area (Å²) >= 11 is 0. The standard InChI is InChI=1S/C29H36N5O6P/c1-5-11-33(12-6-2)28(35)23-16-22-8-7-21(17-26(22)32-27(30)18-23)20-9-10-25-24(15-20)19-31-34(29(25)36)13-14-40-41(37,38-3)39-4/h7-10,15-17,19H,5-6,11-14,18H2,1-4H3,(H2,30,32). The molecule has 0 spiro atoms. The van der Waals surface area contributed by atoms with Crippen LogP contribution in [0.15, 0.2) is 58.0 Å². The first-order valence-electron chi connectivity index (χ1n) is 13.5. The lowest BCUT2D eigenvalue weighted by Crippen LogP contribution is -2.34. The van der Waals surface area contributed by atoms with Gasteiger partial charge in [-0.05, 0) is 48.2 Å². The van der Waals surface area contributed by atoms with E-state index >= 15 is 0 Å². The Hall–Kier alpha value is -3.63. The molecule has 3 aromatic rings. The van der Waals surface area contributed by atoms with E-state index in [1.54, 1.807) is 12.3 Å². The smallest absolute Gasteiger partial charge is 0.387 e. The van der Waals surface area contributed by atoms with Crippen molar-refractivity contribution in [3.63, 3.8) is 0 Å². The van der Waals surface area contributed by atoms with Gasteiger partial charge in [0.1, 0.15) is 5.84 Å². The zero-order valence-electron chi connectivity index (χ0n) is 23.8. The van der Waals surface area contributed by atoms with Crippen molar-refractivity contribution in [1.82, 2.24) is 14.7 Å². The van der Waals surface area contributed by atoms with Gasteiger partial charge in [0.15, 0.2) is 0 Å². The number of aliphatic imine (C=N–C) groups is 1. The number of amides is 1. The Morgan fingerprint density at radius 2 is 1.76 bits per heavy atom. The van der Waals surface area contributed by atoms with Gasteiger partial charge in [0.2, 0.25) is 5.91 Å². The average Bonchev–Trinajstić information content (AvgIpc) is 3.15. The molecule has 41 heavy (non-hydrogen) atoms. The van der Waals surface area contributed by atoms with Gasteiger partial charge in [-0.1, -0.05) is 32.0 Å². The number of phosphoric ester groups is 1. The van der Waals surface area contributed by atoms with Crippen LogP contribution in [0.2, 0.25) is 0 Å². The molecule has 1 amide bonds. The van der Waals surface area contributed by atoms with E-state index in [0.717, 1.165) is 29.5 Å². The molecule has 0 saturated carbocycles. The van der Waals surface area contributed by atoms with Gasteiger partial charge < -0.3 is 10.6 Å². The number of phosphoric acid groups is 1. The maximum Gasteiger partial charge on any atom is 0.474 e. The zero-order valence-corrected chi connectivity index (χ0v) is 24.7. The quantitative estimate of drug-likeness (QED) is 0.298. The molecular weight excluding hydrogens is 545 g/mol. The average molecular weight is 582 g/mol. The molecule has 2 heterocycles. The number of carbonyl (C=O) groups excluding carboxylic acids is 1. The summed E-state index contributed by atoms with van der Waals surface area (Å²) in [4.78, 5) is 32.7. The first kappa shape index (κ1) is 30.3. The van der Waals surface area contributed by atoms with Crippen LogP contribution in [0.4, 0.5) is 5.69 Å². The van der Waals surface area contributed by atoms with Crippen molar-refractivity contribution in [1.29, 1.82) is 0 Å². The van der Waals surface area contributed by atoms with E-state index in [-0.39, 0.29) is 24.6 Å². The van der Waals surface area contributed by atoms with E-state index in [1.807, 2.05) is 41.3 Å². The van der Waals surface area contributed by atoms with E-state index in [9.17, 15) is 14.2 Å². The number of benzene rings is 2. The third-order valence-corrected chi connectivity index (χ3v) is 8.12. The van der Waals surface area contributed by atoms with Crippen molar-refractivity contribution in [3.05, 3.63) is 64.1 Å². The first-order valence-corrected chi connectivity index (χ1v) is 15.0. The minimum atomic E-state index is -3.64. The Bertz CT molecular complexity index is 1580. The van der Waals surface area contributed by atoms with Crippen LogP contribution in [0.1, 0.15) is 38.7 Å². The number of aromatic nitrogens is 2. The summed E-state index contributed by atoms with van der Waals surface area (Å²) in [5.41, 5.74) is 9.84. The minimum Gasteiger partial charge on any atom is -0.387 e. The number of fused-ring (bicyclic) bond motifs is 2. The van der Waals surface area contributed by atoms with E-state index in [1.165, 1.54) is 18.9 Å². The fraction of sp³-hybridized carbons (Fsp3) is 0.379. The maximum atomic E-state index is 13.3. The Labute approximate surface area is 239 Å². The number of carbonyl (C=O) groups is 1. The molecule has 0 bridgehead atoms. The van der Waals surface area contributed by atoms with E-state index in [2.05, 4.69) is 23.9 Å². The highest BCUT2D eigenvalue weighted by Crippen LogP contribution is 2.47. The van der Waals surface area contributed by atoms with Crippen molar-refractivity contribution in [3.8, 4) is 11.1 Å². The fourth-order valence-corrected chi connectivity index (χ4v) is 5.38. The van der Waals surface area contributed by atoms with Crippen LogP contribution < -0.4 is 11.3 Å². The predicted octanol–water partition coefficient (Wildman–Crippen LogP) is 4.91. The van der Waals surface area contributed by atoms with E-state index in [0.29, 0.717) is 47.4 Å². The molecule has 218 valence electrons. The second kappa shape index (κ2) is 13.4. The van der Waals surface area contributed by atoms with Gasteiger partial charge in [-0.15, -0.1) is 0 Å². The topological polar surface area (TPSA) is 138 Å². The van der Waals surface area contributed by atoms with Gasteiger partial charge in [-0.25, -0.2) is 14.2 Å². The Morgan fingerprint density at radius 1 is 1.07 bits per heavy atom. The van der Waals surface area contributed by atoms with Crippen LogP contribution in [-0.4, -0.2) is 60.3 Å². The van der Waals surface area contributed by atoms with Gasteiger partial charge >= 0.3 is 7.82 Å². The lowest BCUT2D eigenvalue weighted by atomic mass is 9.99. The largest absolute Gasteiger partial charge is 0.474 e. The molecule has 0 atom stereocenters. The van der Waals surface area contributed by atoms with Crippen LogP contribution in [0.3, 0.4) is 0 Å².